The largest absolute Gasteiger partial charge is 0.399 e. The number of aryl methyl sites for hydroxylation is 1. The average Bonchev–Trinajstić information content (AvgIpc) is 2.35. The van der Waals surface area contributed by atoms with Crippen LogP contribution in [0, 0.1) is 6.92 Å². The second kappa shape index (κ2) is 5.76. The van der Waals surface area contributed by atoms with Gasteiger partial charge in [0, 0.05) is 17.4 Å². The van der Waals surface area contributed by atoms with Gasteiger partial charge < -0.3 is 16.4 Å². The van der Waals surface area contributed by atoms with E-state index in [1.165, 1.54) is 19.3 Å². The lowest BCUT2D eigenvalue weighted by Crippen LogP contribution is -2.39. The molecule has 4 N–H and O–H groups in total. The first-order chi connectivity index (χ1) is 8.65. The number of rotatable bonds is 2. The van der Waals surface area contributed by atoms with Crippen LogP contribution < -0.4 is 16.4 Å². The first kappa shape index (κ1) is 12.7. The molecule has 1 saturated carbocycles. The Hall–Kier alpha value is -1.71. The molecule has 4 nitrogen and oxygen atoms in total. The Bertz CT molecular complexity index is 425. The van der Waals surface area contributed by atoms with Crippen molar-refractivity contribution in [3.05, 3.63) is 23.8 Å². The number of nitrogens with one attached hydrogen (secondary N) is 2. The van der Waals surface area contributed by atoms with Gasteiger partial charge in [-0.1, -0.05) is 25.3 Å². The van der Waals surface area contributed by atoms with Crippen LogP contribution in [-0.4, -0.2) is 12.1 Å². The molecule has 1 aliphatic carbocycles. The molecule has 0 aromatic heterocycles. The fourth-order valence-corrected chi connectivity index (χ4v) is 2.37. The summed E-state index contributed by atoms with van der Waals surface area (Å²) < 4.78 is 0. The minimum atomic E-state index is -0.129. The maximum Gasteiger partial charge on any atom is 0.319 e. The lowest BCUT2D eigenvalue weighted by atomic mass is 9.96. The molecule has 1 aromatic carbocycles. The summed E-state index contributed by atoms with van der Waals surface area (Å²) >= 11 is 0. The lowest BCUT2D eigenvalue weighted by molar-refractivity contribution is 0.244. The molecule has 98 valence electrons. The third kappa shape index (κ3) is 3.39. The zero-order chi connectivity index (χ0) is 13.0. The number of carbonyl (C=O) groups excluding carboxylic acids is 1. The van der Waals surface area contributed by atoms with Gasteiger partial charge in [0.25, 0.3) is 0 Å². The molecule has 1 aliphatic rings. The number of nitrogen functional groups attached to an aromatic ring is 1. The summed E-state index contributed by atoms with van der Waals surface area (Å²) in [5, 5.41) is 5.89. The molecule has 4 heteroatoms. The zero-order valence-electron chi connectivity index (χ0n) is 10.8. The Balaban J connectivity index is 1.92. The average molecular weight is 247 g/mol. The Kier molecular flexibility index (Phi) is 4.07. The van der Waals surface area contributed by atoms with E-state index in [1.807, 2.05) is 19.1 Å². The van der Waals surface area contributed by atoms with Crippen LogP contribution >= 0.6 is 0 Å². The van der Waals surface area contributed by atoms with Crippen molar-refractivity contribution in [3.8, 4) is 0 Å². The topological polar surface area (TPSA) is 67.1 Å². The Morgan fingerprint density at radius 3 is 2.72 bits per heavy atom. The van der Waals surface area contributed by atoms with Crippen LogP contribution in [0.2, 0.25) is 0 Å². The normalized spacial score (nSPS) is 16.3. The first-order valence-corrected chi connectivity index (χ1v) is 6.59. The maximum atomic E-state index is 11.9. The highest BCUT2D eigenvalue weighted by Gasteiger charge is 2.15. The molecule has 0 heterocycles. The van der Waals surface area contributed by atoms with Gasteiger partial charge in [-0.15, -0.1) is 0 Å². The summed E-state index contributed by atoms with van der Waals surface area (Å²) in [4.78, 5) is 11.9. The van der Waals surface area contributed by atoms with Gasteiger partial charge in [-0.2, -0.15) is 0 Å². The molecule has 0 aliphatic heterocycles. The molecular formula is C14H21N3O. The van der Waals surface area contributed by atoms with Crippen LogP contribution in [0.25, 0.3) is 0 Å². The standard InChI is InChI=1S/C14H21N3O/c1-10-7-8-11(15)9-13(10)17-14(18)16-12-5-3-2-4-6-12/h7-9,12H,2-6,15H2,1H3,(H2,16,17,18). The fourth-order valence-electron chi connectivity index (χ4n) is 2.37. The van der Waals surface area contributed by atoms with Crippen LogP contribution in [-0.2, 0) is 0 Å². The van der Waals surface area contributed by atoms with E-state index < -0.39 is 0 Å². The van der Waals surface area contributed by atoms with Crippen molar-refractivity contribution in [2.75, 3.05) is 11.1 Å². The predicted molar refractivity (Wildman–Crippen MR) is 74.6 cm³/mol. The van der Waals surface area contributed by atoms with Gasteiger partial charge >= 0.3 is 6.03 Å². The van der Waals surface area contributed by atoms with Gasteiger partial charge in [0.2, 0.25) is 0 Å². The fraction of sp³-hybridized carbons (Fsp3) is 0.500. The number of amides is 2. The summed E-state index contributed by atoms with van der Waals surface area (Å²) in [6, 6.07) is 5.72. The molecule has 0 bridgehead atoms. The number of hydrogen-bond acceptors (Lipinski definition) is 2. The summed E-state index contributed by atoms with van der Waals surface area (Å²) in [5.41, 5.74) is 8.17. The number of benzene rings is 1. The molecule has 0 radical (unpaired) electrons. The van der Waals surface area contributed by atoms with E-state index in [0.717, 1.165) is 24.1 Å². The van der Waals surface area contributed by atoms with E-state index in [2.05, 4.69) is 10.6 Å². The van der Waals surface area contributed by atoms with Gasteiger partial charge in [0.05, 0.1) is 0 Å². The van der Waals surface area contributed by atoms with Crippen LogP contribution in [0.5, 0.6) is 0 Å². The van der Waals surface area contributed by atoms with Crippen molar-refractivity contribution in [2.24, 2.45) is 0 Å². The Morgan fingerprint density at radius 2 is 2.00 bits per heavy atom. The van der Waals surface area contributed by atoms with Gasteiger partial charge in [-0.05, 0) is 37.5 Å². The van der Waals surface area contributed by atoms with Crippen molar-refractivity contribution in [2.45, 2.75) is 45.1 Å². The molecule has 0 atom stereocenters. The van der Waals surface area contributed by atoms with Gasteiger partial charge in [0.15, 0.2) is 0 Å². The third-order valence-electron chi connectivity index (χ3n) is 3.45. The monoisotopic (exact) mass is 247 g/mol. The predicted octanol–water partition coefficient (Wildman–Crippen LogP) is 3.03. The van der Waals surface area contributed by atoms with E-state index in [4.69, 9.17) is 5.73 Å². The lowest BCUT2D eigenvalue weighted by Gasteiger charge is -2.23. The molecule has 1 aromatic rings. The van der Waals surface area contributed by atoms with Gasteiger partial charge in [0.1, 0.15) is 0 Å². The van der Waals surface area contributed by atoms with E-state index >= 15 is 0 Å². The third-order valence-corrected chi connectivity index (χ3v) is 3.45. The van der Waals surface area contributed by atoms with Crippen LogP contribution in [0.1, 0.15) is 37.7 Å². The number of hydrogen-bond donors (Lipinski definition) is 3. The van der Waals surface area contributed by atoms with Gasteiger partial charge in [-0.25, -0.2) is 4.79 Å². The summed E-state index contributed by atoms with van der Waals surface area (Å²) in [6.45, 7) is 1.95. The molecule has 1 fully saturated rings. The van der Waals surface area contributed by atoms with Crippen LogP contribution in [0.15, 0.2) is 18.2 Å². The Labute approximate surface area is 108 Å². The molecular weight excluding hydrogens is 226 g/mol. The molecule has 0 unspecified atom stereocenters. The number of nitrogens with two attached hydrogens (primary N) is 1. The highest BCUT2D eigenvalue weighted by atomic mass is 16.2. The SMILES string of the molecule is Cc1ccc(N)cc1NC(=O)NC1CCCCC1. The first-order valence-electron chi connectivity index (χ1n) is 6.59. The van der Waals surface area contributed by atoms with Crippen LogP contribution in [0.4, 0.5) is 16.2 Å². The van der Waals surface area contributed by atoms with E-state index in [-0.39, 0.29) is 6.03 Å². The van der Waals surface area contributed by atoms with Crippen LogP contribution in [0.3, 0.4) is 0 Å². The quantitative estimate of drug-likeness (QED) is 0.703. The summed E-state index contributed by atoms with van der Waals surface area (Å²) in [5.74, 6) is 0. The van der Waals surface area contributed by atoms with E-state index in [9.17, 15) is 4.79 Å². The summed E-state index contributed by atoms with van der Waals surface area (Å²) in [6.07, 6.45) is 5.88. The summed E-state index contributed by atoms with van der Waals surface area (Å²) in [7, 11) is 0. The molecule has 2 amide bonds. The highest BCUT2D eigenvalue weighted by Crippen LogP contribution is 2.19. The van der Waals surface area contributed by atoms with Gasteiger partial charge in [-0.3, -0.25) is 0 Å². The second-order valence-electron chi connectivity index (χ2n) is 5.01. The van der Waals surface area contributed by atoms with Crippen molar-refractivity contribution in [3.63, 3.8) is 0 Å². The van der Waals surface area contributed by atoms with Crippen molar-refractivity contribution in [1.82, 2.24) is 5.32 Å². The number of urea groups is 1. The van der Waals surface area contributed by atoms with Crippen molar-refractivity contribution >= 4 is 17.4 Å². The highest BCUT2D eigenvalue weighted by molar-refractivity contribution is 5.90. The smallest absolute Gasteiger partial charge is 0.319 e. The van der Waals surface area contributed by atoms with Crippen molar-refractivity contribution < 1.29 is 4.79 Å². The van der Waals surface area contributed by atoms with Crippen molar-refractivity contribution in [1.29, 1.82) is 0 Å². The minimum absolute atomic E-state index is 0.129. The van der Waals surface area contributed by atoms with E-state index in [0.29, 0.717) is 11.7 Å². The molecule has 18 heavy (non-hydrogen) atoms. The second-order valence-corrected chi connectivity index (χ2v) is 5.01. The maximum absolute atomic E-state index is 11.9. The number of carbonyl (C=O) groups is 1. The minimum Gasteiger partial charge on any atom is -0.399 e. The Morgan fingerprint density at radius 1 is 1.28 bits per heavy atom. The molecule has 0 saturated heterocycles. The molecule has 2 rings (SSSR count). The number of anilines is 2. The zero-order valence-corrected chi connectivity index (χ0v) is 10.8. The van der Waals surface area contributed by atoms with E-state index in [1.54, 1.807) is 6.07 Å². The molecule has 0 spiro atoms.